The van der Waals surface area contributed by atoms with Crippen LogP contribution in [0.1, 0.15) is 28.5 Å². The van der Waals surface area contributed by atoms with Gasteiger partial charge < -0.3 is 9.84 Å². The van der Waals surface area contributed by atoms with E-state index in [0.717, 1.165) is 17.1 Å². The molecule has 0 saturated heterocycles. The lowest BCUT2D eigenvalue weighted by Crippen LogP contribution is -2.04. The fourth-order valence-electron chi connectivity index (χ4n) is 2.36. The average molecular weight is 297 g/mol. The monoisotopic (exact) mass is 297 g/mol. The molecule has 0 spiro atoms. The Morgan fingerprint density at radius 2 is 2.00 bits per heavy atom. The Morgan fingerprint density at radius 1 is 1.18 bits per heavy atom. The van der Waals surface area contributed by atoms with Gasteiger partial charge in [-0.25, -0.2) is 4.68 Å². The lowest BCUT2D eigenvalue weighted by atomic mass is 10.1. The van der Waals surface area contributed by atoms with Crippen LogP contribution in [0.2, 0.25) is 0 Å². The van der Waals surface area contributed by atoms with Crippen molar-refractivity contribution in [1.82, 2.24) is 19.9 Å². The molecule has 0 aliphatic heterocycles. The van der Waals surface area contributed by atoms with E-state index < -0.39 is 0 Å². The van der Waals surface area contributed by atoms with Crippen LogP contribution in [0, 0.1) is 27.7 Å². The van der Waals surface area contributed by atoms with Gasteiger partial charge in [0.15, 0.2) is 5.82 Å². The van der Waals surface area contributed by atoms with Gasteiger partial charge in [-0.1, -0.05) is 17.3 Å². The van der Waals surface area contributed by atoms with Crippen molar-refractivity contribution >= 4 is 5.69 Å². The normalized spacial score (nSPS) is 10.9. The minimum Gasteiger partial charge on any atom is -0.375 e. The highest BCUT2D eigenvalue weighted by molar-refractivity contribution is 5.52. The van der Waals surface area contributed by atoms with Gasteiger partial charge in [0.05, 0.1) is 29.8 Å². The summed E-state index contributed by atoms with van der Waals surface area (Å²) in [6, 6.07) is 6.36. The molecule has 0 amide bonds. The Bertz CT molecular complexity index is 803. The Hall–Kier alpha value is -2.63. The molecule has 1 aromatic carbocycles. The van der Waals surface area contributed by atoms with E-state index in [0.29, 0.717) is 18.3 Å². The average Bonchev–Trinajstić information content (AvgIpc) is 3.06. The zero-order valence-corrected chi connectivity index (χ0v) is 13.2. The summed E-state index contributed by atoms with van der Waals surface area (Å²) in [4.78, 5) is 4.18. The molecule has 6 nitrogen and oxygen atoms in total. The highest BCUT2D eigenvalue weighted by Gasteiger charge is 2.11. The summed E-state index contributed by atoms with van der Waals surface area (Å²) < 4.78 is 6.92. The molecule has 0 atom stereocenters. The minimum absolute atomic E-state index is 0.511. The molecule has 114 valence electrons. The van der Waals surface area contributed by atoms with E-state index in [2.05, 4.69) is 52.6 Å². The first kappa shape index (κ1) is 14.3. The Balaban J connectivity index is 1.84. The lowest BCUT2D eigenvalue weighted by molar-refractivity contribution is 0.388. The smallest absolute Gasteiger partial charge is 0.223 e. The fourth-order valence-corrected chi connectivity index (χ4v) is 2.36. The summed E-state index contributed by atoms with van der Waals surface area (Å²) >= 11 is 0. The van der Waals surface area contributed by atoms with Gasteiger partial charge in [-0.15, -0.1) is 0 Å². The van der Waals surface area contributed by atoms with Crippen LogP contribution in [0.4, 0.5) is 5.69 Å². The highest BCUT2D eigenvalue weighted by atomic mass is 16.5. The van der Waals surface area contributed by atoms with Gasteiger partial charge in [0.1, 0.15) is 0 Å². The largest absolute Gasteiger partial charge is 0.375 e. The number of anilines is 1. The van der Waals surface area contributed by atoms with Gasteiger partial charge in [0, 0.05) is 6.92 Å². The number of hydrogen-bond donors (Lipinski definition) is 1. The molecule has 3 aromatic rings. The molecular formula is C16H19N5O. The number of nitrogens with one attached hydrogen (secondary N) is 1. The Morgan fingerprint density at radius 3 is 2.73 bits per heavy atom. The number of rotatable bonds is 4. The number of aromatic nitrogens is 4. The molecule has 0 aliphatic rings. The Labute approximate surface area is 129 Å². The summed E-state index contributed by atoms with van der Waals surface area (Å²) in [7, 11) is 0. The molecule has 2 aromatic heterocycles. The molecule has 0 fully saturated rings. The van der Waals surface area contributed by atoms with Crippen LogP contribution in [0.15, 0.2) is 28.9 Å². The summed E-state index contributed by atoms with van der Waals surface area (Å²) in [5, 5.41) is 11.7. The summed E-state index contributed by atoms with van der Waals surface area (Å²) in [5.41, 5.74) is 5.52. The van der Waals surface area contributed by atoms with E-state index in [1.54, 1.807) is 6.92 Å². The topological polar surface area (TPSA) is 68.8 Å². The van der Waals surface area contributed by atoms with E-state index in [1.807, 2.05) is 17.8 Å². The first-order chi connectivity index (χ1) is 10.5. The van der Waals surface area contributed by atoms with Gasteiger partial charge in [0.25, 0.3) is 0 Å². The van der Waals surface area contributed by atoms with Crippen LogP contribution in [-0.4, -0.2) is 19.9 Å². The van der Waals surface area contributed by atoms with Crippen molar-refractivity contribution in [3.8, 4) is 5.69 Å². The van der Waals surface area contributed by atoms with Gasteiger partial charge in [-0.3, -0.25) is 0 Å². The maximum Gasteiger partial charge on any atom is 0.223 e. The van der Waals surface area contributed by atoms with Gasteiger partial charge in [-0.05, 0) is 38.0 Å². The standard InChI is InChI=1S/C16H19N5O/c1-10-5-6-11(2)15(7-10)21-12(3)14(8-18-21)17-9-16-19-13(4)22-20-16/h5-8,17H,9H2,1-4H3. The van der Waals surface area contributed by atoms with Crippen molar-refractivity contribution in [2.75, 3.05) is 5.32 Å². The summed E-state index contributed by atoms with van der Waals surface area (Å²) in [5.74, 6) is 1.20. The van der Waals surface area contributed by atoms with Crippen molar-refractivity contribution < 1.29 is 4.52 Å². The van der Waals surface area contributed by atoms with Crippen molar-refractivity contribution in [3.05, 3.63) is 52.9 Å². The lowest BCUT2D eigenvalue weighted by Gasteiger charge is -2.10. The third-order valence-corrected chi connectivity index (χ3v) is 3.61. The number of benzene rings is 1. The third kappa shape index (κ3) is 2.72. The first-order valence-electron chi connectivity index (χ1n) is 7.20. The second kappa shape index (κ2) is 5.63. The van der Waals surface area contributed by atoms with Gasteiger partial charge in [0.2, 0.25) is 5.89 Å². The molecule has 3 rings (SSSR count). The molecule has 6 heteroatoms. The molecule has 0 radical (unpaired) electrons. The number of aryl methyl sites for hydroxylation is 3. The van der Waals surface area contributed by atoms with Gasteiger partial charge in [-0.2, -0.15) is 10.1 Å². The van der Waals surface area contributed by atoms with Crippen LogP contribution in [0.5, 0.6) is 0 Å². The SMILES string of the molecule is Cc1ccc(C)c(-n2ncc(NCc3noc(C)n3)c2C)c1. The van der Waals surface area contributed by atoms with Crippen LogP contribution in [0.25, 0.3) is 5.69 Å². The van der Waals surface area contributed by atoms with Crippen LogP contribution in [-0.2, 0) is 6.54 Å². The zero-order chi connectivity index (χ0) is 15.7. The molecule has 2 heterocycles. The predicted molar refractivity (Wildman–Crippen MR) is 84.1 cm³/mol. The molecule has 0 aliphatic carbocycles. The van der Waals surface area contributed by atoms with Crippen molar-refractivity contribution in [1.29, 1.82) is 0 Å². The fraction of sp³-hybridized carbons (Fsp3) is 0.312. The van der Waals surface area contributed by atoms with Crippen LogP contribution < -0.4 is 5.32 Å². The summed E-state index contributed by atoms with van der Waals surface area (Å²) in [6.45, 7) is 8.50. The van der Waals surface area contributed by atoms with Gasteiger partial charge >= 0.3 is 0 Å². The molecule has 1 N–H and O–H groups in total. The quantitative estimate of drug-likeness (QED) is 0.801. The summed E-state index contributed by atoms with van der Waals surface area (Å²) in [6.07, 6.45) is 1.82. The number of hydrogen-bond acceptors (Lipinski definition) is 5. The first-order valence-corrected chi connectivity index (χ1v) is 7.20. The zero-order valence-electron chi connectivity index (χ0n) is 13.2. The molecular weight excluding hydrogens is 278 g/mol. The number of nitrogens with zero attached hydrogens (tertiary/aromatic N) is 4. The van der Waals surface area contributed by atoms with Crippen molar-refractivity contribution in [3.63, 3.8) is 0 Å². The second-order valence-corrected chi connectivity index (χ2v) is 5.43. The molecule has 22 heavy (non-hydrogen) atoms. The minimum atomic E-state index is 0.511. The molecule has 0 unspecified atom stereocenters. The molecule has 0 saturated carbocycles. The van der Waals surface area contributed by atoms with Crippen molar-refractivity contribution in [2.45, 2.75) is 34.2 Å². The Kier molecular flexibility index (Phi) is 3.66. The van der Waals surface area contributed by atoms with E-state index in [9.17, 15) is 0 Å². The van der Waals surface area contributed by atoms with Crippen LogP contribution >= 0.6 is 0 Å². The van der Waals surface area contributed by atoms with E-state index in [4.69, 9.17) is 4.52 Å². The maximum atomic E-state index is 4.96. The highest BCUT2D eigenvalue weighted by Crippen LogP contribution is 2.22. The third-order valence-electron chi connectivity index (χ3n) is 3.61. The predicted octanol–water partition coefficient (Wildman–Crippen LogP) is 3.10. The van der Waals surface area contributed by atoms with Crippen LogP contribution in [0.3, 0.4) is 0 Å². The van der Waals surface area contributed by atoms with E-state index in [1.165, 1.54) is 11.1 Å². The van der Waals surface area contributed by atoms with E-state index >= 15 is 0 Å². The maximum absolute atomic E-state index is 4.96. The molecule has 0 bridgehead atoms. The van der Waals surface area contributed by atoms with E-state index in [-0.39, 0.29) is 0 Å². The van der Waals surface area contributed by atoms with Crippen molar-refractivity contribution in [2.24, 2.45) is 0 Å². The second-order valence-electron chi connectivity index (χ2n) is 5.43.